The fourth-order valence-electron chi connectivity index (χ4n) is 6.17. The fraction of sp³-hybridized carbons (Fsp3) is 0.520. The van der Waals surface area contributed by atoms with Crippen LogP contribution in [0.25, 0.3) is 11.1 Å². The molecule has 0 radical (unpaired) electrons. The van der Waals surface area contributed by atoms with E-state index in [-0.39, 0.29) is 0 Å². The van der Waals surface area contributed by atoms with Crippen LogP contribution in [0.5, 0.6) is 5.75 Å². The Hall–Kier alpha value is -1.80. The molecule has 0 N–H and O–H groups in total. The second-order valence-corrected chi connectivity index (χ2v) is 8.84. The lowest BCUT2D eigenvalue weighted by Crippen LogP contribution is -2.43. The van der Waals surface area contributed by atoms with E-state index in [4.69, 9.17) is 4.74 Å². The Balaban J connectivity index is 1.34. The number of likely N-dealkylation sites (tertiary alicyclic amines) is 1. The molecule has 2 aromatic carbocycles. The predicted molar refractivity (Wildman–Crippen MR) is 111 cm³/mol. The molecule has 142 valence electrons. The van der Waals surface area contributed by atoms with Crippen molar-refractivity contribution in [3.63, 3.8) is 0 Å². The van der Waals surface area contributed by atoms with Crippen LogP contribution in [0, 0.1) is 11.8 Å². The Bertz CT molecular complexity index is 792. The fourth-order valence-corrected chi connectivity index (χ4v) is 6.17. The van der Waals surface area contributed by atoms with Crippen LogP contribution < -0.4 is 4.74 Å². The molecule has 1 saturated heterocycles. The number of hydrogen-bond donors (Lipinski definition) is 0. The van der Waals surface area contributed by atoms with Gasteiger partial charge >= 0.3 is 0 Å². The van der Waals surface area contributed by atoms with Crippen molar-refractivity contribution in [1.29, 1.82) is 0 Å². The summed E-state index contributed by atoms with van der Waals surface area (Å²) in [6, 6.07) is 18.3. The molecule has 0 unspecified atom stereocenters. The van der Waals surface area contributed by atoms with Gasteiger partial charge in [0.1, 0.15) is 5.75 Å². The van der Waals surface area contributed by atoms with Gasteiger partial charge in [0.05, 0.1) is 7.11 Å². The summed E-state index contributed by atoms with van der Waals surface area (Å²) in [6.45, 7) is 2.55. The molecule has 5 rings (SSSR count). The van der Waals surface area contributed by atoms with E-state index < -0.39 is 0 Å². The third kappa shape index (κ3) is 3.18. The SMILES string of the molecule is COc1ccccc1-c1ccccc1C1CCN([C@H]2C[C@H]3CC[C@H]2C3)CC1. The Morgan fingerprint density at radius 3 is 2.26 bits per heavy atom. The summed E-state index contributed by atoms with van der Waals surface area (Å²) >= 11 is 0. The molecule has 2 saturated carbocycles. The molecule has 2 aromatic rings. The maximum Gasteiger partial charge on any atom is 0.126 e. The van der Waals surface area contributed by atoms with Crippen molar-refractivity contribution in [2.24, 2.45) is 11.8 Å². The van der Waals surface area contributed by atoms with Crippen LogP contribution in [0.15, 0.2) is 48.5 Å². The third-order valence-corrected chi connectivity index (χ3v) is 7.50. The second-order valence-electron chi connectivity index (χ2n) is 8.84. The number of fused-ring (bicyclic) bond motifs is 2. The molecule has 0 spiro atoms. The minimum Gasteiger partial charge on any atom is -0.496 e. The Kier molecular flexibility index (Phi) is 4.69. The summed E-state index contributed by atoms with van der Waals surface area (Å²) in [5, 5.41) is 0. The molecule has 1 aliphatic heterocycles. The van der Waals surface area contributed by atoms with Crippen molar-refractivity contribution in [1.82, 2.24) is 4.90 Å². The molecule has 2 nitrogen and oxygen atoms in total. The first-order valence-corrected chi connectivity index (χ1v) is 10.8. The number of para-hydroxylation sites is 1. The van der Waals surface area contributed by atoms with E-state index in [0.717, 1.165) is 23.6 Å². The van der Waals surface area contributed by atoms with Crippen LogP contribution in [0.1, 0.15) is 50.0 Å². The van der Waals surface area contributed by atoms with Crippen LogP contribution in [0.3, 0.4) is 0 Å². The van der Waals surface area contributed by atoms with Gasteiger partial charge in [-0.05, 0) is 80.1 Å². The van der Waals surface area contributed by atoms with E-state index in [1.165, 1.54) is 68.3 Å². The molecule has 3 aliphatic rings. The largest absolute Gasteiger partial charge is 0.496 e. The highest BCUT2D eigenvalue weighted by atomic mass is 16.5. The van der Waals surface area contributed by atoms with Crippen molar-refractivity contribution in [2.75, 3.05) is 20.2 Å². The minimum absolute atomic E-state index is 0.668. The number of hydrogen-bond acceptors (Lipinski definition) is 2. The lowest BCUT2D eigenvalue weighted by Gasteiger charge is -2.40. The first kappa shape index (κ1) is 17.3. The van der Waals surface area contributed by atoms with Gasteiger partial charge in [-0.3, -0.25) is 0 Å². The zero-order valence-corrected chi connectivity index (χ0v) is 16.4. The molecule has 27 heavy (non-hydrogen) atoms. The average Bonchev–Trinajstić information content (AvgIpc) is 3.38. The summed E-state index contributed by atoms with van der Waals surface area (Å²) in [5.74, 6) is 3.70. The first-order valence-electron chi connectivity index (χ1n) is 10.8. The lowest BCUT2D eigenvalue weighted by atomic mass is 9.83. The van der Waals surface area contributed by atoms with Crippen molar-refractivity contribution in [2.45, 2.75) is 50.5 Å². The summed E-state index contributed by atoms with van der Waals surface area (Å²) in [7, 11) is 1.77. The number of ether oxygens (including phenoxy) is 1. The van der Waals surface area contributed by atoms with Gasteiger partial charge in [-0.15, -0.1) is 0 Å². The van der Waals surface area contributed by atoms with Crippen molar-refractivity contribution >= 4 is 0 Å². The van der Waals surface area contributed by atoms with Gasteiger partial charge in [0.25, 0.3) is 0 Å². The van der Waals surface area contributed by atoms with Crippen molar-refractivity contribution in [3.8, 4) is 16.9 Å². The van der Waals surface area contributed by atoms with Crippen molar-refractivity contribution < 1.29 is 4.74 Å². The number of rotatable bonds is 4. The van der Waals surface area contributed by atoms with E-state index >= 15 is 0 Å². The Morgan fingerprint density at radius 1 is 0.815 bits per heavy atom. The molecule has 3 fully saturated rings. The normalized spacial score (nSPS) is 28.6. The Morgan fingerprint density at radius 2 is 1.56 bits per heavy atom. The molecule has 2 aliphatic carbocycles. The van der Waals surface area contributed by atoms with Crippen LogP contribution in [-0.4, -0.2) is 31.1 Å². The van der Waals surface area contributed by atoms with Crippen LogP contribution in [0.4, 0.5) is 0 Å². The zero-order valence-electron chi connectivity index (χ0n) is 16.4. The number of benzene rings is 2. The molecule has 2 bridgehead atoms. The molecule has 2 heteroatoms. The van der Waals surface area contributed by atoms with Gasteiger partial charge in [-0.25, -0.2) is 0 Å². The van der Waals surface area contributed by atoms with Gasteiger partial charge < -0.3 is 9.64 Å². The number of nitrogens with zero attached hydrogens (tertiary/aromatic N) is 1. The van der Waals surface area contributed by atoms with E-state index in [0.29, 0.717) is 5.92 Å². The summed E-state index contributed by atoms with van der Waals surface area (Å²) in [4.78, 5) is 2.84. The van der Waals surface area contributed by atoms with E-state index in [2.05, 4.69) is 53.4 Å². The first-order chi connectivity index (χ1) is 13.3. The van der Waals surface area contributed by atoms with Gasteiger partial charge in [-0.1, -0.05) is 48.9 Å². The quantitative estimate of drug-likeness (QED) is 0.689. The smallest absolute Gasteiger partial charge is 0.126 e. The molecule has 3 atom stereocenters. The average molecular weight is 362 g/mol. The maximum absolute atomic E-state index is 5.65. The molecular weight excluding hydrogens is 330 g/mol. The van der Waals surface area contributed by atoms with Crippen molar-refractivity contribution in [3.05, 3.63) is 54.1 Å². The van der Waals surface area contributed by atoms with Gasteiger partial charge in [0.15, 0.2) is 0 Å². The predicted octanol–water partition coefficient (Wildman–Crippen LogP) is 5.73. The molecule has 1 heterocycles. The summed E-state index contributed by atoms with van der Waals surface area (Å²) < 4.78 is 5.65. The van der Waals surface area contributed by atoms with Crippen LogP contribution in [0.2, 0.25) is 0 Å². The lowest BCUT2D eigenvalue weighted by molar-refractivity contribution is 0.111. The zero-order chi connectivity index (χ0) is 18.2. The highest BCUT2D eigenvalue weighted by molar-refractivity contribution is 5.74. The standard InChI is InChI=1S/C25H31NO/c1-27-25-9-5-4-8-23(25)22-7-3-2-6-21(22)19-12-14-26(15-13-19)24-17-18-10-11-20(24)16-18/h2-9,18-20,24H,10-17H2,1H3/t18-,20-,24-/m0/s1. The summed E-state index contributed by atoms with van der Waals surface area (Å²) in [5.41, 5.74) is 4.09. The van der Waals surface area contributed by atoms with Gasteiger partial charge in [0, 0.05) is 11.6 Å². The van der Waals surface area contributed by atoms with Crippen LogP contribution >= 0.6 is 0 Å². The molecule has 0 aromatic heterocycles. The minimum atomic E-state index is 0.668. The summed E-state index contributed by atoms with van der Waals surface area (Å²) in [6.07, 6.45) is 8.57. The van der Waals surface area contributed by atoms with E-state index in [1.54, 1.807) is 7.11 Å². The topological polar surface area (TPSA) is 12.5 Å². The highest BCUT2D eigenvalue weighted by Gasteiger charge is 2.43. The van der Waals surface area contributed by atoms with E-state index in [1.807, 2.05) is 0 Å². The second kappa shape index (κ2) is 7.31. The number of methoxy groups -OCH3 is 1. The van der Waals surface area contributed by atoms with Crippen LogP contribution in [-0.2, 0) is 0 Å². The maximum atomic E-state index is 5.65. The Labute approximate surface area is 163 Å². The van der Waals surface area contributed by atoms with Gasteiger partial charge in [-0.2, -0.15) is 0 Å². The number of piperidine rings is 1. The monoisotopic (exact) mass is 361 g/mol. The van der Waals surface area contributed by atoms with E-state index in [9.17, 15) is 0 Å². The third-order valence-electron chi connectivity index (χ3n) is 7.50. The highest BCUT2D eigenvalue weighted by Crippen LogP contribution is 2.48. The van der Waals surface area contributed by atoms with Gasteiger partial charge in [0.2, 0.25) is 0 Å². The molecule has 0 amide bonds. The molecular formula is C25H31NO.